The predicted octanol–water partition coefficient (Wildman–Crippen LogP) is 2.74. The number of carbonyl (C=O) groups excluding carboxylic acids is 3. The van der Waals surface area contributed by atoms with Crippen LogP contribution in [0, 0.1) is 11.8 Å². The lowest BCUT2D eigenvalue weighted by Crippen LogP contribution is -2.42. The minimum absolute atomic E-state index is 0.0331. The van der Waals surface area contributed by atoms with Gasteiger partial charge in [-0.1, -0.05) is 44.2 Å². The van der Waals surface area contributed by atoms with E-state index in [0.29, 0.717) is 5.56 Å². The first-order valence-corrected chi connectivity index (χ1v) is 10.2. The van der Waals surface area contributed by atoms with Gasteiger partial charge in [0.1, 0.15) is 18.0 Å². The average Bonchev–Trinajstić information content (AvgIpc) is 3.22. The number of benzene rings is 1. The fourth-order valence-corrected chi connectivity index (χ4v) is 3.82. The number of carbonyl (C=O) groups is 3. The fraction of sp³-hybridized carbons (Fsp3) is 0.591. The summed E-state index contributed by atoms with van der Waals surface area (Å²) >= 11 is 0. The van der Waals surface area contributed by atoms with Crippen molar-refractivity contribution < 1.29 is 29.4 Å². The first-order chi connectivity index (χ1) is 13.8. The van der Waals surface area contributed by atoms with E-state index in [1.165, 1.54) is 5.48 Å². The van der Waals surface area contributed by atoms with E-state index < -0.39 is 35.6 Å². The summed E-state index contributed by atoms with van der Waals surface area (Å²) < 4.78 is 5.65. The van der Waals surface area contributed by atoms with Gasteiger partial charge in [-0.25, -0.2) is 5.48 Å². The quantitative estimate of drug-likeness (QED) is 0.313. The lowest BCUT2D eigenvalue weighted by atomic mass is 9.82. The molecule has 0 unspecified atom stereocenters. The molecule has 1 aliphatic rings. The van der Waals surface area contributed by atoms with Gasteiger partial charge in [0.05, 0.1) is 11.8 Å². The van der Waals surface area contributed by atoms with Crippen LogP contribution in [0.3, 0.4) is 0 Å². The van der Waals surface area contributed by atoms with Crippen molar-refractivity contribution in [1.82, 2.24) is 5.48 Å². The zero-order chi connectivity index (χ0) is 21.4. The molecule has 1 amide bonds. The largest absolute Gasteiger partial charge is 0.462 e. The molecule has 1 saturated carbocycles. The molecular formula is C22H31NO6. The van der Waals surface area contributed by atoms with Gasteiger partial charge in [-0.3, -0.25) is 19.6 Å². The third-order valence-electron chi connectivity index (χ3n) is 5.38. The Balaban J connectivity index is 2.21. The van der Waals surface area contributed by atoms with Crippen LogP contribution in [0.25, 0.3) is 0 Å². The Labute approximate surface area is 171 Å². The van der Waals surface area contributed by atoms with Gasteiger partial charge in [-0.05, 0) is 43.6 Å². The molecule has 1 aromatic carbocycles. The van der Waals surface area contributed by atoms with Crippen LogP contribution in [-0.4, -0.2) is 40.2 Å². The Bertz CT molecular complexity index is 684. The number of esters is 1. The lowest BCUT2D eigenvalue weighted by Gasteiger charge is -2.25. The number of hydrogen-bond acceptors (Lipinski definition) is 6. The van der Waals surface area contributed by atoms with Crippen LogP contribution < -0.4 is 5.48 Å². The van der Waals surface area contributed by atoms with E-state index >= 15 is 0 Å². The minimum atomic E-state index is -1.68. The van der Waals surface area contributed by atoms with E-state index in [2.05, 4.69) is 0 Å². The molecule has 3 atom stereocenters. The summed E-state index contributed by atoms with van der Waals surface area (Å²) in [5.74, 6) is -3.69. The van der Waals surface area contributed by atoms with Crippen LogP contribution >= 0.6 is 0 Å². The molecule has 2 rings (SSSR count). The maximum Gasteiger partial charge on any atom is 0.314 e. The number of hydrogen-bond donors (Lipinski definition) is 3. The van der Waals surface area contributed by atoms with Gasteiger partial charge < -0.3 is 9.84 Å². The van der Waals surface area contributed by atoms with Gasteiger partial charge in [0, 0.05) is 6.42 Å². The molecule has 1 aliphatic carbocycles. The first kappa shape index (κ1) is 23.0. The van der Waals surface area contributed by atoms with Crippen molar-refractivity contribution in [3.63, 3.8) is 0 Å². The monoisotopic (exact) mass is 405 g/mol. The Morgan fingerprint density at radius 1 is 1.14 bits per heavy atom. The Morgan fingerprint density at radius 2 is 1.76 bits per heavy atom. The van der Waals surface area contributed by atoms with E-state index in [-0.39, 0.29) is 24.9 Å². The summed E-state index contributed by atoms with van der Waals surface area (Å²) in [4.78, 5) is 37.6. The van der Waals surface area contributed by atoms with Gasteiger partial charge in [-0.2, -0.15) is 0 Å². The molecule has 160 valence electrons. The third kappa shape index (κ3) is 6.65. The Kier molecular flexibility index (Phi) is 8.79. The van der Waals surface area contributed by atoms with Crippen LogP contribution in [0.5, 0.6) is 0 Å². The molecule has 7 nitrogen and oxygen atoms in total. The molecular weight excluding hydrogens is 374 g/mol. The highest BCUT2D eigenvalue weighted by Gasteiger charge is 2.36. The van der Waals surface area contributed by atoms with Crippen molar-refractivity contribution >= 4 is 17.7 Å². The molecule has 0 aromatic heterocycles. The molecule has 0 saturated heterocycles. The molecule has 0 heterocycles. The summed E-state index contributed by atoms with van der Waals surface area (Å²) in [6.07, 6.45) is 1.96. The second-order valence-corrected chi connectivity index (χ2v) is 8.13. The molecule has 1 fully saturated rings. The number of rotatable bonds is 10. The van der Waals surface area contributed by atoms with Crippen LogP contribution in [-0.2, 0) is 19.1 Å². The molecule has 0 aliphatic heterocycles. The van der Waals surface area contributed by atoms with Crippen molar-refractivity contribution in [2.24, 2.45) is 11.8 Å². The van der Waals surface area contributed by atoms with E-state index in [0.717, 1.165) is 25.7 Å². The van der Waals surface area contributed by atoms with Crippen LogP contribution in [0.15, 0.2) is 30.3 Å². The zero-order valence-corrected chi connectivity index (χ0v) is 17.0. The predicted molar refractivity (Wildman–Crippen MR) is 106 cm³/mol. The Hall–Kier alpha value is -2.25. The van der Waals surface area contributed by atoms with E-state index in [4.69, 9.17) is 9.94 Å². The van der Waals surface area contributed by atoms with Crippen molar-refractivity contribution in [3.8, 4) is 0 Å². The van der Waals surface area contributed by atoms with Gasteiger partial charge in [0.2, 0.25) is 0 Å². The molecule has 0 bridgehead atoms. The Morgan fingerprint density at radius 3 is 2.31 bits per heavy atom. The van der Waals surface area contributed by atoms with Crippen molar-refractivity contribution in [2.45, 2.75) is 70.5 Å². The number of hydroxylamine groups is 1. The molecule has 3 N–H and O–H groups in total. The topological polar surface area (TPSA) is 113 Å². The van der Waals surface area contributed by atoms with Crippen LogP contribution in [0.2, 0.25) is 0 Å². The van der Waals surface area contributed by atoms with Crippen LogP contribution in [0.1, 0.15) is 63.9 Å². The number of aliphatic hydroxyl groups is 1. The van der Waals surface area contributed by atoms with E-state index in [9.17, 15) is 19.5 Å². The number of Topliss-reactive ketones (excluding diaryl/α,β-unsaturated/α-hetero) is 1. The van der Waals surface area contributed by atoms with E-state index in [1.807, 2.05) is 19.9 Å². The fourth-order valence-electron chi connectivity index (χ4n) is 3.82. The second-order valence-electron chi connectivity index (χ2n) is 8.13. The van der Waals surface area contributed by atoms with Gasteiger partial charge in [0.25, 0.3) is 5.91 Å². The molecule has 0 radical (unpaired) electrons. The van der Waals surface area contributed by atoms with Gasteiger partial charge >= 0.3 is 5.97 Å². The number of ketones is 1. The van der Waals surface area contributed by atoms with Crippen molar-refractivity contribution in [1.29, 1.82) is 0 Å². The first-order valence-electron chi connectivity index (χ1n) is 10.2. The second kappa shape index (κ2) is 11.1. The summed E-state index contributed by atoms with van der Waals surface area (Å²) in [5.41, 5.74) is 2.06. The smallest absolute Gasteiger partial charge is 0.314 e. The molecule has 0 spiro atoms. The number of ether oxygens (including phenoxy) is 1. The van der Waals surface area contributed by atoms with Crippen molar-refractivity contribution in [3.05, 3.63) is 35.9 Å². The van der Waals surface area contributed by atoms with Gasteiger partial charge in [0.15, 0.2) is 0 Å². The normalized spacial score (nSPS) is 17.6. The number of amides is 1. The summed E-state index contributed by atoms with van der Waals surface area (Å²) in [6.45, 7) is 3.74. The maximum absolute atomic E-state index is 13.0. The molecule has 29 heavy (non-hydrogen) atoms. The van der Waals surface area contributed by atoms with Crippen LogP contribution in [0.4, 0.5) is 0 Å². The summed E-state index contributed by atoms with van der Waals surface area (Å²) in [7, 11) is 0. The molecule has 7 heteroatoms. The summed E-state index contributed by atoms with van der Waals surface area (Å²) in [5, 5.41) is 19.1. The average molecular weight is 405 g/mol. The summed E-state index contributed by atoms with van der Waals surface area (Å²) in [6, 6.07) is 8.93. The maximum atomic E-state index is 13.0. The highest BCUT2D eigenvalue weighted by molar-refractivity contribution is 5.93. The molecule has 1 aromatic rings. The van der Waals surface area contributed by atoms with E-state index in [1.54, 1.807) is 24.3 Å². The third-order valence-corrected chi connectivity index (χ3v) is 5.38. The standard InChI is InChI=1S/C22H31NO6/c1-14(2)12-18(20(25)21(26)23-28)19(24)13-17(15-8-4-3-5-9-15)22(27)29-16-10-6-7-11-16/h3-5,8-9,14,16-18,20,25,28H,6-7,10-13H2,1-2H3,(H,23,26)/t17-,18-,20-/m0/s1. The minimum Gasteiger partial charge on any atom is -0.462 e. The zero-order valence-electron chi connectivity index (χ0n) is 17.0. The highest BCUT2D eigenvalue weighted by atomic mass is 16.5. The number of nitrogens with one attached hydrogen (secondary N) is 1. The van der Waals surface area contributed by atoms with Gasteiger partial charge in [-0.15, -0.1) is 0 Å². The highest BCUT2D eigenvalue weighted by Crippen LogP contribution is 2.29. The SMILES string of the molecule is CC(C)C[C@@H](C(=O)C[C@H](C(=O)OC1CCCC1)c1ccccc1)[C@H](O)C(=O)NO. The van der Waals surface area contributed by atoms with Crippen molar-refractivity contribution in [2.75, 3.05) is 0 Å². The lowest BCUT2D eigenvalue weighted by molar-refractivity contribution is -0.153. The number of aliphatic hydroxyl groups excluding tert-OH is 1.